The molecule has 192 valence electrons. The van der Waals surface area contributed by atoms with Gasteiger partial charge in [0, 0.05) is 12.2 Å². The second kappa shape index (κ2) is 12.9. The van der Waals surface area contributed by atoms with Gasteiger partial charge in [0.25, 0.3) is 5.91 Å². The Morgan fingerprint density at radius 1 is 0.919 bits per heavy atom. The Morgan fingerprint density at radius 3 is 2.41 bits per heavy atom. The van der Waals surface area contributed by atoms with Crippen molar-refractivity contribution in [2.45, 2.75) is 27.3 Å². The van der Waals surface area contributed by atoms with Crippen molar-refractivity contribution in [1.82, 2.24) is 10.7 Å². The molecular formula is C28H30N4O5. The van der Waals surface area contributed by atoms with Gasteiger partial charge in [-0.3, -0.25) is 14.4 Å². The average molecular weight is 503 g/mol. The zero-order valence-electron chi connectivity index (χ0n) is 21.3. The van der Waals surface area contributed by atoms with Crippen molar-refractivity contribution in [2.24, 2.45) is 5.10 Å². The molecule has 9 heteroatoms. The normalized spacial score (nSPS) is 10.6. The Labute approximate surface area is 215 Å². The van der Waals surface area contributed by atoms with Gasteiger partial charge in [-0.1, -0.05) is 42.0 Å². The van der Waals surface area contributed by atoms with Gasteiger partial charge in [-0.15, -0.1) is 0 Å². The fraction of sp³-hybridized carbons (Fsp3) is 0.214. The highest BCUT2D eigenvalue weighted by molar-refractivity contribution is 6.35. The summed E-state index contributed by atoms with van der Waals surface area (Å²) in [5, 5.41) is 9.21. The molecule has 0 atom stereocenters. The molecule has 37 heavy (non-hydrogen) atoms. The van der Waals surface area contributed by atoms with Gasteiger partial charge in [-0.2, -0.15) is 5.10 Å². The van der Waals surface area contributed by atoms with Crippen LogP contribution in [-0.4, -0.2) is 37.7 Å². The standard InChI is InChI=1S/C28H30N4O5/c1-18-8-10-21(11-9-18)15-29-27(34)28(35)32-30-16-22-12-13-24(25(14-22)36-4)37-17-26(33)31-23-7-5-6-19(2)20(23)3/h5-14,16H,15,17H2,1-4H3,(H,29,34)(H,31,33)(H,32,35)/b30-16-. The van der Waals surface area contributed by atoms with E-state index in [4.69, 9.17) is 9.47 Å². The van der Waals surface area contributed by atoms with Gasteiger partial charge in [0.15, 0.2) is 18.1 Å². The van der Waals surface area contributed by atoms with E-state index in [1.54, 1.807) is 18.2 Å². The molecule has 0 saturated carbocycles. The fourth-order valence-corrected chi connectivity index (χ4v) is 3.28. The predicted molar refractivity (Wildman–Crippen MR) is 142 cm³/mol. The van der Waals surface area contributed by atoms with Crippen molar-refractivity contribution in [3.63, 3.8) is 0 Å². The van der Waals surface area contributed by atoms with Crippen LogP contribution >= 0.6 is 0 Å². The van der Waals surface area contributed by atoms with Crippen molar-refractivity contribution in [1.29, 1.82) is 0 Å². The summed E-state index contributed by atoms with van der Waals surface area (Å²) in [6.45, 7) is 5.92. The number of benzene rings is 3. The maximum atomic E-state index is 12.3. The van der Waals surface area contributed by atoms with E-state index in [1.165, 1.54) is 13.3 Å². The number of carbonyl (C=O) groups excluding carboxylic acids is 3. The summed E-state index contributed by atoms with van der Waals surface area (Å²) in [5.74, 6) is -1.23. The lowest BCUT2D eigenvalue weighted by molar-refractivity contribution is -0.139. The van der Waals surface area contributed by atoms with E-state index in [9.17, 15) is 14.4 Å². The van der Waals surface area contributed by atoms with Crippen LogP contribution in [0.5, 0.6) is 11.5 Å². The Morgan fingerprint density at radius 2 is 1.68 bits per heavy atom. The molecule has 0 aliphatic rings. The number of hydrogen-bond acceptors (Lipinski definition) is 6. The molecule has 0 fully saturated rings. The summed E-state index contributed by atoms with van der Waals surface area (Å²) in [5.41, 5.74) is 7.58. The van der Waals surface area contributed by atoms with Crippen LogP contribution in [0, 0.1) is 20.8 Å². The Bertz CT molecular complexity index is 1300. The second-order valence-corrected chi connectivity index (χ2v) is 8.36. The molecular weight excluding hydrogens is 472 g/mol. The smallest absolute Gasteiger partial charge is 0.329 e. The lowest BCUT2D eigenvalue weighted by Gasteiger charge is -2.13. The highest BCUT2D eigenvalue weighted by Crippen LogP contribution is 2.27. The lowest BCUT2D eigenvalue weighted by atomic mass is 10.1. The molecule has 0 aromatic heterocycles. The van der Waals surface area contributed by atoms with E-state index in [0.717, 1.165) is 27.9 Å². The predicted octanol–water partition coefficient (Wildman–Crippen LogP) is 3.40. The lowest BCUT2D eigenvalue weighted by Crippen LogP contribution is -2.37. The molecule has 0 spiro atoms. The van der Waals surface area contributed by atoms with E-state index in [-0.39, 0.29) is 19.1 Å². The number of ether oxygens (including phenoxy) is 2. The molecule has 0 radical (unpaired) electrons. The van der Waals surface area contributed by atoms with Crippen molar-refractivity contribution < 1.29 is 23.9 Å². The van der Waals surface area contributed by atoms with Crippen LogP contribution in [0.15, 0.2) is 65.8 Å². The number of nitrogens with zero attached hydrogens (tertiary/aromatic N) is 1. The number of nitrogens with one attached hydrogen (secondary N) is 3. The highest BCUT2D eigenvalue weighted by Gasteiger charge is 2.13. The third-order valence-electron chi connectivity index (χ3n) is 5.58. The number of aryl methyl sites for hydroxylation is 2. The maximum absolute atomic E-state index is 12.3. The number of hydrogen-bond donors (Lipinski definition) is 3. The molecule has 0 saturated heterocycles. The quantitative estimate of drug-likeness (QED) is 0.235. The number of amides is 3. The molecule has 0 aliphatic carbocycles. The van der Waals surface area contributed by atoms with Gasteiger partial charge in [-0.25, -0.2) is 5.43 Å². The minimum Gasteiger partial charge on any atom is -0.493 e. The summed E-state index contributed by atoms with van der Waals surface area (Å²) in [7, 11) is 1.47. The molecule has 3 aromatic rings. The van der Waals surface area contributed by atoms with E-state index < -0.39 is 11.8 Å². The van der Waals surface area contributed by atoms with Gasteiger partial charge >= 0.3 is 11.8 Å². The third-order valence-corrected chi connectivity index (χ3v) is 5.58. The number of hydrazone groups is 1. The summed E-state index contributed by atoms with van der Waals surface area (Å²) >= 11 is 0. The molecule has 3 N–H and O–H groups in total. The van der Waals surface area contributed by atoms with Crippen LogP contribution in [-0.2, 0) is 20.9 Å². The number of carbonyl (C=O) groups is 3. The Hall–Kier alpha value is -4.66. The van der Waals surface area contributed by atoms with Crippen molar-refractivity contribution in [2.75, 3.05) is 19.0 Å². The highest BCUT2D eigenvalue weighted by atomic mass is 16.5. The van der Waals surface area contributed by atoms with E-state index in [0.29, 0.717) is 17.1 Å². The molecule has 3 aromatic carbocycles. The first-order valence-corrected chi connectivity index (χ1v) is 11.6. The largest absolute Gasteiger partial charge is 0.493 e. The SMILES string of the molecule is COc1cc(/C=N\NC(=O)C(=O)NCc2ccc(C)cc2)ccc1OCC(=O)Nc1cccc(C)c1C. The topological polar surface area (TPSA) is 118 Å². The van der Waals surface area contributed by atoms with Crippen LogP contribution in [0.25, 0.3) is 0 Å². The molecule has 3 amide bonds. The van der Waals surface area contributed by atoms with Crippen LogP contribution in [0.3, 0.4) is 0 Å². The van der Waals surface area contributed by atoms with Crippen molar-refractivity contribution in [3.05, 3.63) is 88.5 Å². The first-order valence-electron chi connectivity index (χ1n) is 11.6. The van der Waals surface area contributed by atoms with Crippen molar-refractivity contribution in [3.8, 4) is 11.5 Å². The van der Waals surface area contributed by atoms with Crippen LogP contribution in [0.1, 0.15) is 27.8 Å². The zero-order chi connectivity index (χ0) is 26.8. The van der Waals surface area contributed by atoms with E-state index in [1.807, 2.05) is 63.2 Å². The number of anilines is 1. The van der Waals surface area contributed by atoms with Crippen LogP contribution < -0.4 is 25.5 Å². The number of rotatable bonds is 9. The summed E-state index contributed by atoms with van der Waals surface area (Å²) in [6.07, 6.45) is 1.37. The van der Waals surface area contributed by atoms with Crippen LogP contribution in [0.4, 0.5) is 5.69 Å². The molecule has 3 rings (SSSR count). The molecule has 0 heterocycles. The van der Waals surface area contributed by atoms with Gasteiger partial charge < -0.3 is 20.1 Å². The summed E-state index contributed by atoms with van der Waals surface area (Å²) in [4.78, 5) is 36.3. The summed E-state index contributed by atoms with van der Waals surface area (Å²) in [6, 6.07) is 18.2. The van der Waals surface area contributed by atoms with Crippen LogP contribution in [0.2, 0.25) is 0 Å². The summed E-state index contributed by atoms with van der Waals surface area (Å²) < 4.78 is 11.0. The van der Waals surface area contributed by atoms with Gasteiger partial charge in [0.1, 0.15) is 0 Å². The first-order chi connectivity index (χ1) is 17.8. The monoisotopic (exact) mass is 502 g/mol. The van der Waals surface area contributed by atoms with Gasteiger partial charge in [-0.05, 0) is 67.3 Å². The Balaban J connectivity index is 1.50. The number of methoxy groups -OCH3 is 1. The average Bonchev–Trinajstić information content (AvgIpc) is 2.89. The fourth-order valence-electron chi connectivity index (χ4n) is 3.28. The van der Waals surface area contributed by atoms with E-state index in [2.05, 4.69) is 21.2 Å². The second-order valence-electron chi connectivity index (χ2n) is 8.36. The third kappa shape index (κ3) is 7.93. The zero-order valence-corrected chi connectivity index (χ0v) is 21.3. The minimum absolute atomic E-state index is 0.203. The maximum Gasteiger partial charge on any atom is 0.329 e. The van der Waals surface area contributed by atoms with Crippen molar-refractivity contribution >= 4 is 29.6 Å². The van der Waals surface area contributed by atoms with E-state index >= 15 is 0 Å². The van der Waals surface area contributed by atoms with Gasteiger partial charge in [0.05, 0.1) is 13.3 Å². The Kier molecular flexibility index (Phi) is 9.37. The molecule has 0 bridgehead atoms. The molecule has 0 unspecified atom stereocenters. The molecule has 0 aliphatic heterocycles. The first kappa shape index (κ1) is 26.9. The van der Waals surface area contributed by atoms with Gasteiger partial charge in [0.2, 0.25) is 0 Å². The molecule has 9 nitrogen and oxygen atoms in total. The minimum atomic E-state index is -0.884.